The highest BCUT2D eigenvalue weighted by Crippen LogP contribution is 2.18. The quantitative estimate of drug-likeness (QED) is 0.877. The molecule has 26 heavy (non-hydrogen) atoms. The molecule has 142 valence electrons. The number of nitrogens with zero attached hydrogens (tertiary/aromatic N) is 2. The summed E-state index contributed by atoms with van der Waals surface area (Å²) in [5.74, 6) is 0.0523. The Labute approximate surface area is 154 Å². The van der Waals surface area contributed by atoms with Crippen LogP contribution in [0, 0.1) is 5.82 Å². The first-order valence-electron chi connectivity index (χ1n) is 9.69. The second-order valence-corrected chi connectivity index (χ2v) is 7.27. The number of anilines is 1. The number of nitrogens with one attached hydrogen (secondary N) is 1. The number of benzene rings is 1. The number of amides is 2. The van der Waals surface area contributed by atoms with E-state index >= 15 is 0 Å². The number of hydrogen-bond acceptors (Lipinski definition) is 3. The molecule has 1 atom stereocenters. The third kappa shape index (κ3) is 5.19. The lowest BCUT2D eigenvalue weighted by molar-refractivity contribution is -0.134. The zero-order chi connectivity index (χ0) is 18.4. The van der Waals surface area contributed by atoms with Gasteiger partial charge in [0, 0.05) is 50.7 Å². The summed E-state index contributed by atoms with van der Waals surface area (Å²) in [7, 11) is 0. The number of rotatable bonds is 5. The minimum atomic E-state index is -0.251. The molecular formula is C20H28FN3O2. The van der Waals surface area contributed by atoms with Crippen LogP contribution in [0.25, 0.3) is 0 Å². The highest BCUT2D eigenvalue weighted by Gasteiger charge is 2.25. The van der Waals surface area contributed by atoms with Gasteiger partial charge in [0.05, 0.1) is 0 Å². The van der Waals surface area contributed by atoms with Gasteiger partial charge in [-0.05, 0) is 49.9 Å². The molecule has 0 bridgehead atoms. The van der Waals surface area contributed by atoms with E-state index in [1.54, 1.807) is 12.1 Å². The van der Waals surface area contributed by atoms with Gasteiger partial charge in [-0.1, -0.05) is 6.42 Å². The normalized spacial score (nSPS) is 21.4. The van der Waals surface area contributed by atoms with Crippen LogP contribution in [0.2, 0.25) is 0 Å². The van der Waals surface area contributed by atoms with Crippen LogP contribution < -0.4 is 5.32 Å². The van der Waals surface area contributed by atoms with Crippen molar-refractivity contribution in [1.82, 2.24) is 9.80 Å². The van der Waals surface area contributed by atoms with Gasteiger partial charge in [0.2, 0.25) is 11.8 Å². The van der Waals surface area contributed by atoms with E-state index in [1.807, 2.05) is 9.80 Å². The van der Waals surface area contributed by atoms with Crippen LogP contribution in [0.5, 0.6) is 0 Å². The van der Waals surface area contributed by atoms with Crippen molar-refractivity contribution in [2.24, 2.45) is 0 Å². The van der Waals surface area contributed by atoms with E-state index in [1.165, 1.54) is 12.1 Å². The Morgan fingerprint density at radius 2 is 1.92 bits per heavy atom. The maximum Gasteiger partial charge on any atom is 0.224 e. The largest absolute Gasteiger partial charge is 0.381 e. The van der Waals surface area contributed by atoms with Crippen molar-refractivity contribution in [3.63, 3.8) is 0 Å². The first-order valence-corrected chi connectivity index (χ1v) is 9.69. The van der Waals surface area contributed by atoms with Gasteiger partial charge in [0.1, 0.15) is 5.82 Å². The summed E-state index contributed by atoms with van der Waals surface area (Å²) in [4.78, 5) is 28.4. The molecule has 2 saturated heterocycles. The molecule has 2 amide bonds. The Kier molecular flexibility index (Phi) is 6.47. The van der Waals surface area contributed by atoms with Crippen LogP contribution in [0.3, 0.4) is 0 Å². The predicted octanol–water partition coefficient (Wildman–Crippen LogP) is 3.02. The fraction of sp³-hybridized carbons (Fsp3) is 0.600. The summed E-state index contributed by atoms with van der Waals surface area (Å²) in [6, 6.07) is 6.50. The Bertz CT molecular complexity index is 620. The van der Waals surface area contributed by atoms with Crippen molar-refractivity contribution in [2.45, 2.75) is 51.0 Å². The Balaban J connectivity index is 1.47. The van der Waals surface area contributed by atoms with Gasteiger partial charge in [-0.25, -0.2) is 4.39 Å². The van der Waals surface area contributed by atoms with E-state index < -0.39 is 0 Å². The number of carbonyl (C=O) groups excluding carboxylic acids is 2. The Morgan fingerprint density at radius 1 is 1.12 bits per heavy atom. The summed E-state index contributed by atoms with van der Waals surface area (Å²) >= 11 is 0. The molecule has 2 fully saturated rings. The van der Waals surface area contributed by atoms with Crippen LogP contribution in [0.15, 0.2) is 24.3 Å². The monoisotopic (exact) mass is 361 g/mol. The average Bonchev–Trinajstić information content (AvgIpc) is 2.86. The maximum absolute atomic E-state index is 13.0. The van der Waals surface area contributed by atoms with Gasteiger partial charge in [-0.15, -0.1) is 0 Å². The molecule has 0 aromatic heterocycles. The van der Waals surface area contributed by atoms with Crippen LogP contribution in [0.4, 0.5) is 10.1 Å². The van der Waals surface area contributed by atoms with Gasteiger partial charge >= 0.3 is 0 Å². The zero-order valence-electron chi connectivity index (χ0n) is 15.3. The van der Waals surface area contributed by atoms with E-state index in [4.69, 9.17) is 0 Å². The zero-order valence-corrected chi connectivity index (χ0v) is 15.3. The van der Waals surface area contributed by atoms with Crippen molar-refractivity contribution in [3.8, 4) is 0 Å². The highest BCUT2D eigenvalue weighted by molar-refractivity contribution is 5.79. The van der Waals surface area contributed by atoms with E-state index in [2.05, 4.69) is 5.32 Å². The van der Waals surface area contributed by atoms with Crippen LogP contribution in [0.1, 0.15) is 44.9 Å². The number of piperidine rings is 1. The second-order valence-electron chi connectivity index (χ2n) is 7.27. The molecule has 2 aliphatic rings. The molecule has 1 unspecified atom stereocenters. The van der Waals surface area contributed by atoms with E-state index in [0.29, 0.717) is 25.9 Å². The van der Waals surface area contributed by atoms with Gasteiger partial charge in [-0.2, -0.15) is 0 Å². The fourth-order valence-corrected chi connectivity index (χ4v) is 3.77. The van der Waals surface area contributed by atoms with Crippen LogP contribution in [-0.4, -0.2) is 53.8 Å². The van der Waals surface area contributed by atoms with Crippen LogP contribution in [-0.2, 0) is 9.59 Å². The van der Waals surface area contributed by atoms with Crippen molar-refractivity contribution in [2.75, 3.05) is 31.5 Å². The lowest BCUT2D eigenvalue weighted by Gasteiger charge is -2.34. The van der Waals surface area contributed by atoms with Crippen LogP contribution >= 0.6 is 0 Å². The van der Waals surface area contributed by atoms with E-state index in [-0.39, 0.29) is 23.7 Å². The Morgan fingerprint density at radius 3 is 2.73 bits per heavy atom. The molecule has 2 aliphatic heterocycles. The average molecular weight is 361 g/mol. The summed E-state index contributed by atoms with van der Waals surface area (Å²) in [5.41, 5.74) is 0.876. The number of halogens is 1. The number of carbonyl (C=O) groups is 2. The lowest BCUT2D eigenvalue weighted by atomic mass is 10.0. The molecule has 3 rings (SSSR count). The minimum Gasteiger partial charge on any atom is -0.381 e. The number of hydrogen-bond donors (Lipinski definition) is 1. The molecule has 0 spiro atoms. The summed E-state index contributed by atoms with van der Waals surface area (Å²) in [6.07, 6.45) is 6.05. The van der Waals surface area contributed by atoms with Crippen molar-refractivity contribution in [1.29, 1.82) is 0 Å². The fourth-order valence-electron chi connectivity index (χ4n) is 3.77. The van der Waals surface area contributed by atoms with Gasteiger partial charge < -0.3 is 15.1 Å². The SMILES string of the molecule is O=C1CCCCCN1CCC(=O)N1CCCC(Nc2ccc(F)cc2)C1. The first kappa shape index (κ1) is 18.7. The van der Waals surface area contributed by atoms with Gasteiger partial charge in [0.25, 0.3) is 0 Å². The molecule has 0 radical (unpaired) electrons. The van der Waals surface area contributed by atoms with Gasteiger partial charge in [0.15, 0.2) is 0 Å². The molecule has 0 aliphatic carbocycles. The molecule has 1 aromatic rings. The molecule has 5 nitrogen and oxygen atoms in total. The summed E-state index contributed by atoms with van der Waals surface area (Å²) in [6.45, 7) is 2.74. The smallest absolute Gasteiger partial charge is 0.224 e. The number of likely N-dealkylation sites (tertiary alicyclic amines) is 2. The van der Waals surface area contributed by atoms with Crippen molar-refractivity contribution < 1.29 is 14.0 Å². The molecular weight excluding hydrogens is 333 g/mol. The third-order valence-corrected chi connectivity index (χ3v) is 5.26. The highest BCUT2D eigenvalue weighted by atomic mass is 19.1. The minimum absolute atomic E-state index is 0.118. The topological polar surface area (TPSA) is 52.7 Å². The van der Waals surface area contributed by atoms with E-state index in [9.17, 15) is 14.0 Å². The summed E-state index contributed by atoms with van der Waals surface area (Å²) in [5, 5.41) is 3.39. The molecule has 6 heteroatoms. The maximum atomic E-state index is 13.0. The molecule has 1 N–H and O–H groups in total. The second kappa shape index (κ2) is 9.01. The van der Waals surface area contributed by atoms with Crippen molar-refractivity contribution >= 4 is 17.5 Å². The van der Waals surface area contributed by atoms with E-state index in [0.717, 1.165) is 50.9 Å². The molecule has 1 aromatic carbocycles. The predicted molar refractivity (Wildman–Crippen MR) is 99.3 cm³/mol. The molecule has 2 heterocycles. The lowest BCUT2D eigenvalue weighted by Crippen LogP contribution is -2.46. The molecule has 0 saturated carbocycles. The summed E-state index contributed by atoms with van der Waals surface area (Å²) < 4.78 is 13.0. The van der Waals surface area contributed by atoms with Crippen molar-refractivity contribution in [3.05, 3.63) is 30.1 Å². The van der Waals surface area contributed by atoms with Gasteiger partial charge in [-0.3, -0.25) is 9.59 Å². The third-order valence-electron chi connectivity index (χ3n) is 5.26. The standard InChI is InChI=1S/C20H28FN3O2/c21-16-7-9-17(10-8-16)22-18-5-4-13-24(15-18)20(26)11-14-23-12-3-1-2-6-19(23)25/h7-10,18,22H,1-6,11-15H2. The first-order chi connectivity index (χ1) is 12.6. The Hall–Kier alpha value is -2.11.